The zero-order valence-corrected chi connectivity index (χ0v) is 9.81. The van der Waals surface area contributed by atoms with Crippen molar-refractivity contribution < 1.29 is 13.2 Å². The van der Waals surface area contributed by atoms with Gasteiger partial charge in [0.1, 0.15) is 0 Å². The molecule has 1 rings (SSSR count). The van der Waals surface area contributed by atoms with Crippen LogP contribution in [0.5, 0.6) is 0 Å². The Morgan fingerprint density at radius 1 is 1.12 bits per heavy atom. The van der Waals surface area contributed by atoms with Gasteiger partial charge in [-0.25, -0.2) is 0 Å². The van der Waals surface area contributed by atoms with Crippen LogP contribution in [0.4, 0.5) is 13.2 Å². The van der Waals surface area contributed by atoms with Gasteiger partial charge in [0.25, 0.3) is 0 Å². The third-order valence-corrected chi connectivity index (χ3v) is 1.90. The molecular weight excluding hydrogens is 215 g/mol. The Labute approximate surface area is 94.5 Å². The van der Waals surface area contributed by atoms with Crippen molar-refractivity contribution in [1.82, 2.24) is 0 Å². The van der Waals surface area contributed by atoms with Crippen LogP contribution in [0.3, 0.4) is 0 Å². The van der Waals surface area contributed by atoms with Crippen molar-refractivity contribution >= 4 is 0 Å². The molecule has 0 bridgehead atoms. The van der Waals surface area contributed by atoms with Gasteiger partial charge in [-0.3, -0.25) is 0 Å². The number of rotatable bonds is 1. The molecule has 1 nitrogen and oxygen atoms in total. The van der Waals surface area contributed by atoms with Gasteiger partial charge in [0.15, 0.2) is 0 Å². The van der Waals surface area contributed by atoms with E-state index in [1.54, 1.807) is 0 Å². The summed E-state index contributed by atoms with van der Waals surface area (Å²) >= 11 is 0. The molecule has 0 aromatic heterocycles. The van der Waals surface area contributed by atoms with Crippen molar-refractivity contribution in [3.05, 3.63) is 35.4 Å². The summed E-state index contributed by atoms with van der Waals surface area (Å²) in [7, 11) is 0. The fraction of sp³-hybridized carbons (Fsp3) is 0.500. The molecule has 0 aliphatic heterocycles. The van der Waals surface area contributed by atoms with Crippen molar-refractivity contribution in [2.24, 2.45) is 5.73 Å². The Balaban J connectivity index is 0.000000673. The highest BCUT2D eigenvalue weighted by Gasteiger charge is 2.29. The maximum atomic E-state index is 12.1. The Kier molecular flexibility index (Phi) is 6.11. The number of benzene rings is 1. The maximum Gasteiger partial charge on any atom is 0.416 e. The maximum absolute atomic E-state index is 12.1. The van der Waals surface area contributed by atoms with E-state index < -0.39 is 11.7 Å². The second kappa shape index (κ2) is 6.53. The molecule has 0 aliphatic carbocycles. The van der Waals surface area contributed by atoms with Crippen molar-refractivity contribution in [1.29, 1.82) is 0 Å². The Morgan fingerprint density at radius 2 is 1.50 bits per heavy atom. The van der Waals surface area contributed by atoms with Crippen LogP contribution in [0.15, 0.2) is 24.3 Å². The first-order chi connectivity index (χ1) is 7.32. The number of hydrogen-bond donors (Lipinski definition) is 1. The van der Waals surface area contributed by atoms with Gasteiger partial charge in [-0.1, -0.05) is 32.9 Å². The predicted molar refractivity (Wildman–Crippen MR) is 60.3 cm³/mol. The van der Waals surface area contributed by atoms with Gasteiger partial charge in [0, 0.05) is 0 Å². The average Bonchev–Trinajstić information content (AvgIpc) is 2.18. The molecule has 1 aromatic carbocycles. The highest BCUT2D eigenvalue weighted by atomic mass is 19.4. The molecule has 0 spiro atoms. The van der Waals surface area contributed by atoms with Crippen molar-refractivity contribution in [2.45, 2.75) is 32.9 Å². The fourth-order valence-electron chi connectivity index (χ4n) is 1.06. The van der Waals surface area contributed by atoms with E-state index in [4.69, 9.17) is 5.73 Å². The molecule has 0 amide bonds. The summed E-state index contributed by atoms with van der Waals surface area (Å²) in [5.74, 6) is 0.266. The van der Waals surface area contributed by atoms with Gasteiger partial charge in [0.2, 0.25) is 0 Å². The van der Waals surface area contributed by atoms with E-state index in [0.29, 0.717) is 0 Å². The van der Waals surface area contributed by atoms with Crippen LogP contribution in [-0.4, -0.2) is 6.54 Å². The molecule has 0 fully saturated rings. The SMILES string of the molecule is CC(C)c1ccc(C(F)(F)F)cc1.CCN. The lowest BCUT2D eigenvalue weighted by molar-refractivity contribution is -0.137. The molecule has 92 valence electrons. The van der Waals surface area contributed by atoms with E-state index in [-0.39, 0.29) is 5.92 Å². The molecule has 0 saturated heterocycles. The molecule has 0 heterocycles. The van der Waals surface area contributed by atoms with Crippen LogP contribution in [-0.2, 0) is 6.18 Å². The van der Waals surface area contributed by atoms with Crippen LogP contribution in [0, 0.1) is 0 Å². The van der Waals surface area contributed by atoms with E-state index in [2.05, 4.69) is 0 Å². The van der Waals surface area contributed by atoms with Crippen molar-refractivity contribution in [2.75, 3.05) is 6.54 Å². The first-order valence-electron chi connectivity index (χ1n) is 5.20. The first kappa shape index (κ1) is 15.0. The zero-order chi connectivity index (χ0) is 12.8. The Bertz CT molecular complexity index is 288. The highest BCUT2D eigenvalue weighted by molar-refractivity contribution is 5.26. The highest BCUT2D eigenvalue weighted by Crippen LogP contribution is 2.29. The van der Waals surface area contributed by atoms with Gasteiger partial charge in [-0.2, -0.15) is 13.2 Å². The van der Waals surface area contributed by atoms with Crippen LogP contribution in [0.25, 0.3) is 0 Å². The third-order valence-electron chi connectivity index (χ3n) is 1.90. The molecule has 0 aliphatic rings. The molecule has 0 saturated carbocycles. The Hall–Kier alpha value is -1.03. The van der Waals surface area contributed by atoms with Gasteiger partial charge in [-0.05, 0) is 30.2 Å². The normalized spacial score (nSPS) is 11.0. The summed E-state index contributed by atoms with van der Waals surface area (Å²) in [6.45, 7) is 6.55. The van der Waals surface area contributed by atoms with Crippen LogP contribution < -0.4 is 5.73 Å². The van der Waals surface area contributed by atoms with Crippen LogP contribution in [0.1, 0.15) is 37.8 Å². The van der Waals surface area contributed by atoms with E-state index >= 15 is 0 Å². The summed E-state index contributed by atoms with van der Waals surface area (Å²) in [5, 5.41) is 0. The van der Waals surface area contributed by atoms with Crippen LogP contribution >= 0.6 is 0 Å². The minimum atomic E-state index is -4.23. The molecule has 16 heavy (non-hydrogen) atoms. The lowest BCUT2D eigenvalue weighted by Crippen LogP contribution is -2.04. The standard InChI is InChI=1S/C10H11F3.C2H7N/c1-7(2)8-3-5-9(6-4-8)10(11,12)13;1-2-3/h3-7H,1-2H3;2-3H2,1H3. The van der Waals surface area contributed by atoms with Crippen LogP contribution in [0.2, 0.25) is 0 Å². The number of halogens is 3. The summed E-state index contributed by atoms with van der Waals surface area (Å²) in [6.07, 6.45) is -4.23. The van der Waals surface area contributed by atoms with E-state index in [0.717, 1.165) is 24.2 Å². The van der Waals surface area contributed by atoms with Gasteiger partial charge >= 0.3 is 6.18 Å². The molecular formula is C12H18F3N. The number of hydrogen-bond acceptors (Lipinski definition) is 1. The third kappa shape index (κ3) is 5.16. The van der Waals surface area contributed by atoms with E-state index in [1.165, 1.54) is 12.1 Å². The largest absolute Gasteiger partial charge is 0.416 e. The lowest BCUT2D eigenvalue weighted by atomic mass is 10.0. The minimum Gasteiger partial charge on any atom is -0.331 e. The summed E-state index contributed by atoms with van der Waals surface area (Å²) < 4.78 is 36.4. The van der Waals surface area contributed by atoms with Gasteiger partial charge in [-0.15, -0.1) is 0 Å². The summed E-state index contributed by atoms with van der Waals surface area (Å²) in [6, 6.07) is 5.28. The van der Waals surface area contributed by atoms with Crippen molar-refractivity contribution in [3.8, 4) is 0 Å². The summed E-state index contributed by atoms with van der Waals surface area (Å²) in [4.78, 5) is 0. The summed E-state index contributed by atoms with van der Waals surface area (Å²) in [5.41, 5.74) is 5.19. The Morgan fingerprint density at radius 3 is 1.75 bits per heavy atom. The smallest absolute Gasteiger partial charge is 0.331 e. The monoisotopic (exact) mass is 233 g/mol. The second-order valence-electron chi connectivity index (χ2n) is 3.68. The lowest BCUT2D eigenvalue weighted by Gasteiger charge is -2.09. The number of alkyl halides is 3. The predicted octanol–water partition coefficient (Wildman–Crippen LogP) is 3.79. The molecule has 4 heteroatoms. The van der Waals surface area contributed by atoms with E-state index in [1.807, 2.05) is 20.8 Å². The molecule has 0 radical (unpaired) electrons. The number of nitrogens with two attached hydrogens (primary N) is 1. The molecule has 2 N–H and O–H groups in total. The topological polar surface area (TPSA) is 26.0 Å². The quantitative estimate of drug-likeness (QED) is 0.784. The average molecular weight is 233 g/mol. The zero-order valence-electron chi connectivity index (χ0n) is 9.81. The van der Waals surface area contributed by atoms with Crippen molar-refractivity contribution in [3.63, 3.8) is 0 Å². The van der Waals surface area contributed by atoms with Gasteiger partial charge < -0.3 is 5.73 Å². The second-order valence-corrected chi connectivity index (χ2v) is 3.68. The minimum absolute atomic E-state index is 0.266. The first-order valence-corrected chi connectivity index (χ1v) is 5.20. The molecule has 0 atom stereocenters. The fourth-order valence-corrected chi connectivity index (χ4v) is 1.06. The molecule has 0 unspecified atom stereocenters. The van der Waals surface area contributed by atoms with E-state index in [9.17, 15) is 13.2 Å². The molecule has 1 aromatic rings. The van der Waals surface area contributed by atoms with Gasteiger partial charge in [0.05, 0.1) is 5.56 Å².